The van der Waals surface area contributed by atoms with Gasteiger partial charge in [0.2, 0.25) is 0 Å². The molecule has 4 nitrogen and oxygen atoms in total. The Balaban J connectivity index is 2.22. The van der Waals surface area contributed by atoms with Crippen molar-refractivity contribution >= 4 is 11.8 Å². The highest BCUT2D eigenvalue weighted by atomic mass is 16.6. The van der Waals surface area contributed by atoms with Crippen LogP contribution in [0.2, 0.25) is 0 Å². The zero-order valence-corrected chi connectivity index (χ0v) is 11.5. The first kappa shape index (κ1) is 13.9. The molecular weight excluding hydrogens is 242 g/mol. The largest absolute Gasteiger partial charge is 0.449 e. The third kappa shape index (κ3) is 3.07. The third-order valence-corrected chi connectivity index (χ3v) is 3.54. The molecule has 0 saturated carbocycles. The number of aliphatic hydroxyl groups is 1. The minimum Gasteiger partial charge on any atom is -0.449 e. The van der Waals surface area contributed by atoms with Crippen LogP contribution in [0.25, 0.3) is 0 Å². The normalized spacial score (nSPS) is 19.7. The van der Waals surface area contributed by atoms with Crippen LogP contribution in [0, 0.1) is 0 Å². The van der Waals surface area contributed by atoms with E-state index in [4.69, 9.17) is 9.84 Å². The zero-order valence-electron chi connectivity index (χ0n) is 11.5. The molecule has 19 heavy (non-hydrogen) atoms. The van der Waals surface area contributed by atoms with Crippen molar-refractivity contribution in [1.29, 1.82) is 0 Å². The molecule has 1 atom stereocenters. The second kappa shape index (κ2) is 6.06. The molecular formula is C15H21NO3. The van der Waals surface area contributed by atoms with Gasteiger partial charge in [-0.2, -0.15) is 0 Å². The first-order chi connectivity index (χ1) is 9.13. The number of amides is 1. The zero-order chi connectivity index (χ0) is 13.8. The second-order valence-corrected chi connectivity index (χ2v) is 5.19. The molecule has 0 aliphatic carbocycles. The second-order valence-electron chi connectivity index (χ2n) is 5.19. The highest BCUT2D eigenvalue weighted by Gasteiger charge is 2.30. The summed E-state index contributed by atoms with van der Waals surface area (Å²) in [5.74, 6) is 0.468. The van der Waals surface area contributed by atoms with E-state index in [1.807, 2.05) is 24.3 Å². The fraction of sp³-hybridized carbons (Fsp3) is 0.533. The van der Waals surface area contributed by atoms with Gasteiger partial charge in [0.15, 0.2) is 0 Å². The Morgan fingerprint density at radius 3 is 2.63 bits per heavy atom. The van der Waals surface area contributed by atoms with Gasteiger partial charge >= 0.3 is 6.09 Å². The monoisotopic (exact) mass is 263 g/mol. The third-order valence-electron chi connectivity index (χ3n) is 3.54. The Morgan fingerprint density at radius 2 is 2.05 bits per heavy atom. The molecule has 2 rings (SSSR count). The van der Waals surface area contributed by atoms with Crippen LogP contribution < -0.4 is 4.90 Å². The summed E-state index contributed by atoms with van der Waals surface area (Å²) < 4.78 is 5.10. The number of aliphatic hydroxyl groups excluding tert-OH is 1. The van der Waals surface area contributed by atoms with Crippen molar-refractivity contribution in [2.24, 2.45) is 0 Å². The summed E-state index contributed by atoms with van der Waals surface area (Å²) in [4.78, 5) is 13.6. The van der Waals surface area contributed by atoms with Crippen LogP contribution in [0.4, 0.5) is 10.5 Å². The maximum Gasteiger partial charge on any atom is 0.414 e. The number of ether oxygens (including phenoxy) is 1. The van der Waals surface area contributed by atoms with E-state index < -0.39 is 0 Å². The van der Waals surface area contributed by atoms with Crippen molar-refractivity contribution in [2.75, 3.05) is 18.1 Å². The molecule has 0 aromatic heterocycles. The lowest BCUT2D eigenvalue weighted by Gasteiger charge is -2.34. The molecule has 4 heteroatoms. The highest BCUT2D eigenvalue weighted by molar-refractivity contribution is 5.89. The molecule has 0 radical (unpaired) electrons. The van der Waals surface area contributed by atoms with Crippen LogP contribution in [-0.4, -0.2) is 30.5 Å². The fourth-order valence-corrected chi connectivity index (χ4v) is 2.39. The summed E-state index contributed by atoms with van der Waals surface area (Å²) in [6.07, 6.45) is 1.03. The Bertz CT molecular complexity index is 426. The molecule has 1 aliphatic rings. The SMILES string of the molecule is CC(C)c1ccc(N2C(=O)OCCC2CCO)cc1. The number of carbonyl (C=O) groups excluding carboxylic acids is 1. The predicted octanol–water partition coefficient (Wildman–Crippen LogP) is 2.91. The van der Waals surface area contributed by atoms with Crippen LogP contribution in [0.15, 0.2) is 24.3 Å². The molecule has 1 fully saturated rings. The van der Waals surface area contributed by atoms with Gasteiger partial charge < -0.3 is 9.84 Å². The van der Waals surface area contributed by atoms with Gasteiger partial charge in [0, 0.05) is 24.8 Å². The molecule has 0 spiro atoms. The molecule has 1 saturated heterocycles. The molecule has 1 aliphatic heterocycles. The summed E-state index contributed by atoms with van der Waals surface area (Å²) in [5.41, 5.74) is 2.08. The van der Waals surface area contributed by atoms with Gasteiger partial charge in [-0.1, -0.05) is 26.0 Å². The van der Waals surface area contributed by atoms with Gasteiger partial charge in [-0.15, -0.1) is 0 Å². The minimum atomic E-state index is -0.318. The Kier molecular flexibility index (Phi) is 4.43. The smallest absolute Gasteiger partial charge is 0.414 e. The van der Waals surface area contributed by atoms with E-state index in [2.05, 4.69) is 13.8 Å². The number of carbonyl (C=O) groups is 1. The van der Waals surface area contributed by atoms with Gasteiger partial charge in [-0.25, -0.2) is 4.79 Å². The van der Waals surface area contributed by atoms with Gasteiger partial charge in [0.05, 0.1) is 6.61 Å². The number of cyclic esters (lactones) is 1. The van der Waals surface area contributed by atoms with E-state index in [0.717, 1.165) is 12.1 Å². The molecule has 0 bridgehead atoms. The molecule has 1 aromatic rings. The first-order valence-corrected chi connectivity index (χ1v) is 6.80. The lowest BCUT2D eigenvalue weighted by atomic mass is 10.0. The highest BCUT2D eigenvalue weighted by Crippen LogP contribution is 2.26. The number of nitrogens with zero attached hydrogens (tertiary/aromatic N) is 1. The van der Waals surface area contributed by atoms with Gasteiger partial charge in [0.25, 0.3) is 0 Å². The maximum atomic E-state index is 11.9. The average molecular weight is 263 g/mol. The number of benzene rings is 1. The molecule has 104 valence electrons. The van der Waals surface area contributed by atoms with Crippen molar-refractivity contribution in [3.05, 3.63) is 29.8 Å². The molecule has 1 heterocycles. The van der Waals surface area contributed by atoms with E-state index in [1.165, 1.54) is 5.56 Å². The van der Waals surface area contributed by atoms with Crippen LogP contribution >= 0.6 is 0 Å². The van der Waals surface area contributed by atoms with Crippen LogP contribution in [0.3, 0.4) is 0 Å². The molecule has 1 amide bonds. The lowest BCUT2D eigenvalue weighted by molar-refractivity contribution is 0.124. The number of rotatable bonds is 4. The summed E-state index contributed by atoms with van der Waals surface area (Å²) in [7, 11) is 0. The standard InChI is InChI=1S/C15H21NO3/c1-11(2)12-3-5-13(6-4-12)16-14(7-9-17)8-10-19-15(16)18/h3-6,11,14,17H,7-10H2,1-2H3. The van der Waals surface area contributed by atoms with E-state index in [1.54, 1.807) is 4.90 Å². The van der Waals surface area contributed by atoms with Gasteiger partial charge in [-0.3, -0.25) is 4.90 Å². The number of anilines is 1. The van der Waals surface area contributed by atoms with Crippen molar-refractivity contribution in [3.63, 3.8) is 0 Å². The summed E-state index contributed by atoms with van der Waals surface area (Å²) in [5, 5.41) is 9.11. The van der Waals surface area contributed by atoms with Crippen molar-refractivity contribution in [2.45, 2.75) is 38.6 Å². The van der Waals surface area contributed by atoms with Gasteiger partial charge in [-0.05, 0) is 30.0 Å². The quantitative estimate of drug-likeness (QED) is 0.908. The van der Waals surface area contributed by atoms with Crippen molar-refractivity contribution < 1.29 is 14.6 Å². The van der Waals surface area contributed by atoms with Crippen LogP contribution in [-0.2, 0) is 4.74 Å². The summed E-state index contributed by atoms with van der Waals surface area (Å²) >= 11 is 0. The predicted molar refractivity (Wildman–Crippen MR) is 74.5 cm³/mol. The molecule has 1 N–H and O–H groups in total. The van der Waals surface area contributed by atoms with Gasteiger partial charge in [0.1, 0.15) is 0 Å². The lowest BCUT2D eigenvalue weighted by Crippen LogP contribution is -2.46. The first-order valence-electron chi connectivity index (χ1n) is 6.80. The maximum absolute atomic E-state index is 11.9. The Morgan fingerprint density at radius 1 is 1.37 bits per heavy atom. The van der Waals surface area contributed by atoms with Crippen LogP contribution in [0.5, 0.6) is 0 Å². The van der Waals surface area contributed by atoms with Crippen LogP contribution in [0.1, 0.15) is 38.2 Å². The molecule has 1 aromatic carbocycles. The van der Waals surface area contributed by atoms with Crippen molar-refractivity contribution in [1.82, 2.24) is 0 Å². The van der Waals surface area contributed by atoms with E-state index in [9.17, 15) is 4.79 Å². The summed E-state index contributed by atoms with van der Waals surface area (Å²) in [6, 6.07) is 8.00. The number of hydrogen-bond donors (Lipinski definition) is 1. The Labute approximate surface area is 114 Å². The minimum absolute atomic E-state index is 0.0242. The topological polar surface area (TPSA) is 49.8 Å². The van der Waals surface area contributed by atoms with E-state index >= 15 is 0 Å². The molecule has 1 unspecified atom stereocenters. The van der Waals surface area contributed by atoms with Crippen molar-refractivity contribution in [3.8, 4) is 0 Å². The number of hydrogen-bond acceptors (Lipinski definition) is 3. The summed E-state index contributed by atoms with van der Waals surface area (Å²) in [6.45, 7) is 4.79. The fourth-order valence-electron chi connectivity index (χ4n) is 2.39. The van der Waals surface area contributed by atoms with E-state index in [0.29, 0.717) is 18.9 Å². The Hall–Kier alpha value is -1.55. The van der Waals surface area contributed by atoms with E-state index in [-0.39, 0.29) is 18.7 Å². The average Bonchev–Trinajstić information content (AvgIpc) is 2.39.